The molecule has 0 N–H and O–H groups in total. The minimum absolute atomic E-state index is 0.0333. The van der Waals surface area contributed by atoms with Gasteiger partial charge in [-0.05, 0) is 30.7 Å². The molecule has 2 heterocycles. The number of thiazole rings is 1. The van der Waals surface area contributed by atoms with Crippen molar-refractivity contribution in [2.45, 2.75) is 13.3 Å². The lowest BCUT2D eigenvalue weighted by atomic mass is 10.2. The van der Waals surface area contributed by atoms with E-state index in [-0.39, 0.29) is 5.56 Å². The molecule has 0 aliphatic carbocycles. The van der Waals surface area contributed by atoms with Crippen LogP contribution < -0.4 is 14.8 Å². The van der Waals surface area contributed by atoms with Gasteiger partial charge in [-0.2, -0.15) is 0 Å². The van der Waals surface area contributed by atoms with Gasteiger partial charge in [-0.3, -0.25) is 4.79 Å². The van der Waals surface area contributed by atoms with Crippen LogP contribution in [0.5, 0.6) is 5.75 Å². The van der Waals surface area contributed by atoms with E-state index in [4.69, 9.17) is 4.74 Å². The second-order valence-corrected chi connectivity index (χ2v) is 6.53. The average Bonchev–Trinajstić information content (AvgIpc) is 3.11. The number of nitrogens with zero attached hydrogens (tertiary/aromatic N) is 2. The van der Waals surface area contributed by atoms with Gasteiger partial charge in [0, 0.05) is 5.56 Å². The molecule has 0 unspecified atom stereocenters. The van der Waals surface area contributed by atoms with Crippen molar-refractivity contribution in [1.82, 2.24) is 9.38 Å². The molecule has 0 amide bonds. The van der Waals surface area contributed by atoms with Gasteiger partial charge in [-0.1, -0.05) is 48.6 Å². The van der Waals surface area contributed by atoms with Crippen LogP contribution in [0.15, 0.2) is 53.3 Å². The molecule has 0 bridgehead atoms. The van der Waals surface area contributed by atoms with E-state index in [0.29, 0.717) is 11.1 Å². The molecule has 0 spiro atoms. The first kappa shape index (κ1) is 14.9. The van der Waals surface area contributed by atoms with E-state index in [1.807, 2.05) is 54.6 Å². The van der Waals surface area contributed by atoms with Crippen LogP contribution in [0.25, 0.3) is 22.1 Å². The summed E-state index contributed by atoms with van der Waals surface area (Å²) >= 11 is 1.41. The highest BCUT2D eigenvalue weighted by Crippen LogP contribution is 2.20. The van der Waals surface area contributed by atoms with Gasteiger partial charge in [-0.15, -0.1) is 0 Å². The predicted octanol–water partition coefficient (Wildman–Crippen LogP) is 3.25. The summed E-state index contributed by atoms with van der Waals surface area (Å²) < 4.78 is 8.12. The lowest BCUT2D eigenvalue weighted by Crippen LogP contribution is -2.22. The Morgan fingerprint density at radius 1 is 1.17 bits per heavy atom. The number of imidazole rings is 1. The van der Waals surface area contributed by atoms with Crippen molar-refractivity contribution in [3.63, 3.8) is 0 Å². The van der Waals surface area contributed by atoms with Crippen molar-refractivity contribution >= 4 is 33.4 Å². The molecular weight excluding hydrogens is 320 g/mol. The van der Waals surface area contributed by atoms with Crippen LogP contribution in [-0.2, 0) is 0 Å². The fourth-order valence-electron chi connectivity index (χ4n) is 2.70. The molecule has 4 rings (SSSR count). The molecule has 0 aliphatic heterocycles. The van der Waals surface area contributed by atoms with Crippen LogP contribution in [0.1, 0.15) is 18.9 Å². The molecule has 4 nitrogen and oxygen atoms in total. The molecule has 0 aliphatic rings. The van der Waals surface area contributed by atoms with Crippen LogP contribution in [0.3, 0.4) is 0 Å². The first-order chi connectivity index (χ1) is 11.8. The fraction of sp³-hybridized carbons (Fsp3) is 0.158. The van der Waals surface area contributed by atoms with E-state index in [1.54, 1.807) is 4.40 Å². The Morgan fingerprint density at radius 3 is 2.83 bits per heavy atom. The topological polar surface area (TPSA) is 43.6 Å². The van der Waals surface area contributed by atoms with Crippen molar-refractivity contribution in [3.05, 3.63) is 69.0 Å². The molecule has 2 aromatic carbocycles. The maximum Gasteiger partial charge on any atom is 0.274 e. The quantitative estimate of drug-likeness (QED) is 0.575. The lowest BCUT2D eigenvalue weighted by Gasteiger charge is -2.07. The summed E-state index contributed by atoms with van der Waals surface area (Å²) in [7, 11) is 0. The van der Waals surface area contributed by atoms with Gasteiger partial charge in [0.25, 0.3) is 5.56 Å². The van der Waals surface area contributed by atoms with Crippen LogP contribution in [-0.4, -0.2) is 16.0 Å². The van der Waals surface area contributed by atoms with Crippen LogP contribution in [0, 0.1) is 0 Å². The maximum absolute atomic E-state index is 12.8. The van der Waals surface area contributed by atoms with Crippen molar-refractivity contribution in [2.24, 2.45) is 0 Å². The van der Waals surface area contributed by atoms with Gasteiger partial charge in [-0.25, -0.2) is 9.38 Å². The molecule has 4 aromatic rings. The van der Waals surface area contributed by atoms with Gasteiger partial charge in [0.15, 0.2) is 4.96 Å². The number of aromatic nitrogens is 2. The largest absolute Gasteiger partial charge is 0.493 e. The second-order valence-electron chi connectivity index (χ2n) is 5.52. The number of fused-ring (bicyclic) bond motifs is 3. The summed E-state index contributed by atoms with van der Waals surface area (Å²) in [6.45, 7) is 2.73. The average molecular weight is 336 g/mol. The number of benzene rings is 2. The van der Waals surface area contributed by atoms with Crippen molar-refractivity contribution in [1.29, 1.82) is 0 Å². The van der Waals surface area contributed by atoms with E-state index >= 15 is 0 Å². The Hall–Kier alpha value is -2.66. The van der Waals surface area contributed by atoms with Gasteiger partial charge < -0.3 is 4.74 Å². The molecule has 24 heavy (non-hydrogen) atoms. The molecule has 0 saturated heterocycles. The van der Waals surface area contributed by atoms with Gasteiger partial charge in [0.1, 0.15) is 5.75 Å². The highest BCUT2D eigenvalue weighted by molar-refractivity contribution is 7.15. The van der Waals surface area contributed by atoms with Crippen molar-refractivity contribution in [3.8, 4) is 5.75 Å². The van der Waals surface area contributed by atoms with Gasteiger partial charge >= 0.3 is 0 Å². The summed E-state index contributed by atoms with van der Waals surface area (Å²) in [5.74, 6) is 0.801. The normalized spacial score (nSPS) is 12.3. The van der Waals surface area contributed by atoms with E-state index in [1.165, 1.54) is 11.3 Å². The SMILES string of the molecule is CCCOc1ccccc1/C=c1\sc2nc3ccccc3n2c1=O. The molecule has 2 aromatic heterocycles. The number of para-hydroxylation sites is 3. The first-order valence-corrected chi connectivity index (χ1v) is 8.73. The Balaban J connectivity index is 1.90. The fourth-order valence-corrected chi connectivity index (χ4v) is 3.67. The van der Waals surface area contributed by atoms with Crippen molar-refractivity contribution < 1.29 is 4.74 Å². The van der Waals surface area contributed by atoms with E-state index < -0.39 is 0 Å². The Morgan fingerprint density at radius 2 is 1.96 bits per heavy atom. The zero-order chi connectivity index (χ0) is 16.5. The minimum Gasteiger partial charge on any atom is -0.493 e. The van der Waals surface area contributed by atoms with E-state index in [2.05, 4.69) is 11.9 Å². The zero-order valence-corrected chi connectivity index (χ0v) is 14.0. The maximum atomic E-state index is 12.8. The summed E-state index contributed by atoms with van der Waals surface area (Å²) in [6.07, 6.45) is 2.83. The molecule has 5 heteroatoms. The van der Waals surface area contributed by atoms with Crippen LogP contribution >= 0.6 is 11.3 Å². The molecular formula is C19H16N2O2S. The smallest absolute Gasteiger partial charge is 0.274 e. The van der Waals surface area contributed by atoms with Crippen molar-refractivity contribution in [2.75, 3.05) is 6.61 Å². The summed E-state index contributed by atoms with van der Waals surface area (Å²) in [5.41, 5.74) is 2.58. The molecule has 0 atom stereocenters. The third-order valence-electron chi connectivity index (χ3n) is 3.81. The summed E-state index contributed by atoms with van der Waals surface area (Å²) in [4.78, 5) is 18.1. The Labute approximate surface area is 142 Å². The minimum atomic E-state index is -0.0333. The van der Waals surface area contributed by atoms with Crippen LogP contribution in [0.2, 0.25) is 0 Å². The monoisotopic (exact) mass is 336 g/mol. The van der Waals surface area contributed by atoms with Crippen LogP contribution in [0.4, 0.5) is 0 Å². The number of hydrogen-bond acceptors (Lipinski definition) is 4. The molecule has 0 fully saturated rings. The number of hydrogen-bond donors (Lipinski definition) is 0. The first-order valence-electron chi connectivity index (χ1n) is 7.91. The second kappa shape index (κ2) is 6.09. The van der Waals surface area contributed by atoms with E-state index in [0.717, 1.165) is 33.7 Å². The lowest BCUT2D eigenvalue weighted by molar-refractivity contribution is 0.317. The third kappa shape index (κ3) is 2.47. The summed E-state index contributed by atoms with van der Waals surface area (Å²) in [5, 5.41) is 0. The molecule has 0 saturated carbocycles. The van der Waals surface area contributed by atoms with Gasteiger partial charge in [0.2, 0.25) is 0 Å². The molecule has 0 radical (unpaired) electrons. The molecule has 120 valence electrons. The standard InChI is InChI=1S/C19H16N2O2S/c1-2-11-23-16-10-6-3-7-13(16)12-17-18(22)21-15-9-5-4-8-14(15)20-19(21)24-17/h3-10,12H,2,11H2,1H3/b17-12-. The number of ether oxygens (including phenoxy) is 1. The third-order valence-corrected chi connectivity index (χ3v) is 4.78. The van der Waals surface area contributed by atoms with E-state index in [9.17, 15) is 4.79 Å². The highest BCUT2D eigenvalue weighted by atomic mass is 32.1. The Kier molecular flexibility index (Phi) is 3.78. The predicted molar refractivity (Wildman–Crippen MR) is 97.9 cm³/mol. The summed E-state index contributed by atoms with van der Waals surface area (Å²) in [6, 6.07) is 15.5. The number of rotatable bonds is 4. The highest BCUT2D eigenvalue weighted by Gasteiger charge is 2.11. The zero-order valence-electron chi connectivity index (χ0n) is 13.2. The Bertz CT molecular complexity index is 1130. The van der Waals surface area contributed by atoms with Gasteiger partial charge in [0.05, 0.1) is 22.2 Å².